The second-order valence-corrected chi connectivity index (χ2v) is 8.12. The van der Waals surface area contributed by atoms with Gasteiger partial charge in [0.15, 0.2) is 0 Å². The van der Waals surface area contributed by atoms with Crippen molar-refractivity contribution in [1.82, 2.24) is 15.2 Å². The van der Waals surface area contributed by atoms with Crippen molar-refractivity contribution in [3.8, 4) is 0 Å². The highest BCUT2D eigenvalue weighted by molar-refractivity contribution is 5.92. The number of nitrogens with zero attached hydrogens (tertiary/aromatic N) is 4. The highest BCUT2D eigenvalue weighted by atomic mass is 19.1. The van der Waals surface area contributed by atoms with Crippen LogP contribution in [0.1, 0.15) is 12.5 Å². The summed E-state index contributed by atoms with van der Waals surface area (Å²) in [6.07, 6.45) is 5.55. The minimum atomic E-state index is -0.575. The van der Waals surface area contributed by atoms with Gasteiger partial charge >= 0.3 is 6.09 Å². The molecule has 4 rings (SSSR count). The van der Waals surface area contributed by atoms with Crippen molar-refractivity contribution in [2.75, 3.05) is 49.1 Å². The van der Waals surface area contributed by atoms with Crippen molar-refractivity contribution in [1.29, 1.82) is 0 Å². The van der Waals surface area contributed by atoms with E-state index in [-0.39, 0.29) is 24.9 Å². The Morgan fingerprint density at radius 1 is 1.18 bits per heavy atom. The molecule has 2 fully saturated rings. The molecule has 10 heteroatoms. The molecule has 0 radical (unpaired) electrons. The van der Waals surface area contributed by atoms with Crippen molar-refractivity contribution in [2.24, 2.45) is 0 Å². The van der Waals surface area contributed by atoms with Gasteiger partial charge in [-0.2, -0.15) is 0 Å². The number of nitrogens with one attached hydrogen (secondary N) is 1. The zero-order chi connectivity index (χ0) is 24.1. The summed E-state index contributed by atoms with van der Waals surface area (Å²) in [5, 5.41) is 2.61. The molecule has 1 N–H and O–H groups in total. The van der Waals surface area contributed by atoms with Crippen LogP contribution in [0.5, 0.6) is 0 Å². The van der Waals surface area contributed by atoms with Crippen LogP contribution < -0.4 is 15.1 Å². The fourth-order valence-electron chi connectivity index (χ4n) is 3.93. The molecule has 0 aliphatic carbocycles. The highest BCUT2D eigenvalue weighted by Gasteiger charge is 2.33. The van der Waals surface area contributed by atoms with E-state index in [1.807, 2.05) is 17.0 Å². The lowest BCUT2D eigenvalue weighted by Gasteiger charge is -2.36. The monoisotopic (exact) mass is 467 g/mol. The van der Waals surface area contributed by atoms with Crippen LogP contribution in [-0.2, 0) is 14.3 Å². The standard InChI is InChI=1S/C24H26FN5O4/c1-17(31)27-15-20-16-30(24(33)34-20)19-3-4-22(21(25)14-19)28-10-12-29(13-11-28)23(32)5-2-18-6-8-26-9-7-18/h2-9,14,20H,10-13,15-16H2,1H3,(H,27,31)/b5-2+/t20-/m0/s1. The number of benzene rings is 1. The average Bonchev–Trinajstić information content (AvgIpc) is 3.22. The van der Waals surface area contributed by atoms with E-state index in [1.165, 1.54) is 24.0 Å². The van der Waals surface area contributed by atoms with Crippen LogP contribution in [0.4, 0.5) is 20.6 Å². The Bertz CT molecular complexity index is 1090. The molecular formula is C24H26FN5O4. The van der Waals surface area contributed by atoms with Gasteiger partial charge in [0.1, 0.15) is 11.9 Å². The Balaban J connectivity index is 1.33. The number of carbonyl (C=O) groups excluding carboxylic acids is 3. The molecular weight excluding hydrogens is 441 g/mol. The van der Waals surface area contributed by atoms with Gasteiger partial charge in [0.2, 0.25) is 11.8 Å². The lowest BCUT2D eigenvalue weighted by atomic mass is 10.2. The van der Waals surface area contributed by atoms with Crippen molar-refractivity contribution in [2.45, 2.75) is 13.0 Å². The van der Waals surface area contributed by atoms with Crippen LogP contribution in [0.2, 0.25) is 0 Å². The summed E-state index contributed by atoms with van der Waals surface area (Å²) in [7, 11) is 0. The van der Waals surface area contributed by atoms with Crippen molar-refractivity contribution >= 4 is 35.4 Å². The third-order valence-corrected chi connectivity index (χ3v) is 5.75. The number of aromatic nitrogens is 1. The number of amides is 3. The molecule has 34 heavy (non-hydrogen) atoms. The summed E-state index contributed by atoms with van der Waals surface area (Å²) in [6.45, 7) is 3.77. The molecule has 9 nitrogen and oxygen atoms in total. The highest BCUT2D eigenvalue weighted by Crippen LogP contribution is 2.28. The van der Waals surface area contributed by atoms with Gasteiger partial charge in [-0.1, -0.05) is 0 Å². The van der Waals surface area contributed by atoms with E-state index in [0.717, 1.165) is 5.56 Å². The Hall–Kier alpha value is -3.95. The summed E-state index contributed by atoms with van der Waals surface area (Å²) in [5.41, 5.74) is 1.71. The average molecular weight is 468 g/mol. The predicted octanol–water partition coefficient (Wildman–Crippen LogP) is 2.04. The second-order valence-electron chi connectivity index (χ2n) is 8.12. The maximum absolute atomic E-state index is 15.0. The molecule has 2 aliphatic heterocycles. The van der Waals surface area contributed by atoms with Crippen molar-refractivity contribution in [3.05, 3.63) is 60.2 Å². The molecule has 2 saturated heterocycles. The van der Waals surface area contributed by atoms with E-state index in [2.05, 4.69) is 10.3 Å². The first kappa shape index (κ1) is 23.2. The van der Waals surface area contributed by atoms with E-state index in [1.54, 1.807) is 35.5 Å². The van der Waals surface area contributed by atoms with Gasteiger partial charge < -0.3 is 19.9 Å². The molecule has 0 unspecified atom stereocenters. The lowest BCUT2D eigenvalue weighted by molar-refractivity contribution is -0.126. The molecule has 1 aromatic carbocycles. The van der Waals surface area contributed by atoms with Gasteiger partial charge in [-0.05, 0) is 42.0 Å². The van der Waals surface area contributed by atoms with Crippen LogP contribution in [0.3, 0.4) is 0 Å². The molecule has 1 atom stereocenters. The van der Waals surface area contributed by atoms with Crippen molar-refractivity contribution < 1.29 is 23.5 Å². The van der Waals surface area contributed by atoms with Gasteiger partial charge in [0, 0.05) is 51.6 Å². The Morgan fingerprint density at radius 3 is 2.59 bits per heavy atom. The SMILES string of the molecule is CC(=O)NC[C@H]1CN(c2ccc(N3CCN(C(=O)/C=C/c4ccncc4)CC3)c(F)c2)C(=O)O1. The summed E-state index contributed by atoms with van der Waals surface area (Å²) < 4.78 is 20.2. The number of halogens is 1. The summed E-state index contributed by atoms with van der Waals surface area (Å²) in [4.78, 5) is 44.6. The minimum absolute atomic E-state index is 0.0892. The van der Waals surface area contributed by atoms with E-state index in [9.17, 15) is 18.8 Å². The van der Waals surface area contributed by atoms with Gasteiger partial charge in [-0.25, -0.2) is 9.18 Å². The topological polar surface area (TPSA) is 95.1 Å². The number of hydrogen-bond donors (Lipinski definition) is 1. The number of rotatable bonds is 6. The van der Waals surface area contributed by atoms with E-state index < -0.39 is 18.0 Å². The minimum Gasteiger partial charge on any atom is -0.442 e. The van der Waals surface area contributed by atoms with Crippen LogP contribution in [0, 0.1) is 5.82 Å². The smallest absolute Gasteiger partial charge is 0.414 e. The number of pyridine rings is 1. The largest absolute Gasteiger partial charge is 0.442 e. The quantitative estimate of drug-likeness (QED) is 0.654. The van der Waals surface area contributed by atoms with Gasteiger partial charge in [-0.15, -0.1) is 0 Å². The molecule has 0 spiro atoms. The second kappa shape index (κ2) is 10.3. The van der Waals surface area contributed by atoms with Crippen LogP contribution in [-0.4, -0.2) is 73.2 Å². The first-order valence-electron chi connectivity index (χ1n) is 11.0. The number of cyclic esters (lactones) is 1. The van der Waals surface area contributed by atoms with Crippen LogP contribution in [0.25, 0.3) is 6.08 Å². The summed E-state index contributed by atoms with van der Waals surface area (Å²) >= 11 is 0. The summed E-state index contributed by atoms with van der Waals surface area (Å²) in [5.74, 6) is -0.752. The molecule has 3 amide bonds. The molecule has 1 aromatic heterocycles. The first-order chi connectivity index (χ1) is 16.4. The van der Waals surface area contributed by atoms with E-state index >= 15 is 0 Å². The third-order valence-electron chi connectivity index (χ3n) is 5.75. The molecule has 3 heterocycles. The van der Waals surface area contributed by atoms with Gasteiger partial charge in [0.05, 0.1) is 24.5 Å². The zero-order valence-electron chi connectivity index (χ0n) is 18.8. The van der Waals surface area contributed by atoms with Crippen LogP contribution in [0.15, 0.2) is 48.8 Å². The summed E-state index contributed by atoms with van der Waals surface area (Å²) in [6, 6.07) is 8.26. The Labute approximate surface area is 196 Å². The van der Waals surface area contributed by atoms with E-state index in [0.29, 0.717) is 37.6 Å². The zero-order valence-corrected chi connectivity index (χ0v) is 18.8. The first-order valence-corrected chi connectivity index (χ1v) is 11.0. The normalized spacial score (nSPS) is 18.4. The number of hydrogen-bond acceptors (Lipinski definition) is 6. The molecule has 0 bridgehead atoms. The maximum Gasteiger partial charge on any atom is 0.414 e. The van der Waals surface area contributed by atoms with Crippen molar-refractivity contribution in [3.63, 3.8) is 0 Å². The third kappa shape index (κ3) is 5.51. The molecule has 2 aliphatic rings. The van der Waals surface area contributed by atoms with Crippen LogP contribution >= 0.6 is 0 Å². The number of anilines is 2. The van der Waals surface area contributed by atoms with Gasteiger partial charge in [0.25, 0.3) is 0 Å². The number of piperazine rings is 1. The lowest BCUT2D eigenvalue weighted by Crippen LogP contribution is -2.48. The molecule has 0 saturated carbocycles. The number of carbonyl (C=O) groups is 3. The molecule has 2 aromatic rings. The van der Waals surface area contributed by atoms with Gasteiger partial charge in [-0.3, -0.25) is 19.5 Å². The molecule has 178 valence electrons. The fraction of sp³-hybridized carbons (Fsp3) is 0.333. The fourth-order valence-corrected chi connectivity index (χ4v) is 3.93. The predicted molar refractivity (Wildman–Crippen MR) is 125 cm³/mol. The maximum atomic E-state index is 15.0. The Kier molecular flexibility index (Phi) is 7.05. The number of ether oxygens (including phenoxy) is 1. The van der Waals surface area contributed by atoms with E-state index in [4.69, 9.17) is 4.74 Å². The Morgan fingerprint density at radius 2 is 1.91 bits per heavy atom.